The number of aromatic nitrogens is 2. The normalized spacial score (nSPS) is 14.5. The lowest BCUT2D eigenvalue weighted by Crippen LogP contribution is -2.16. The largest absolute Gasteiger partial charge is 0.496 e. The van der Waals surface area contributed by atoms with E-state index in [1.165, 1.54) is 12.8 Å². The number of ether oxygens (including phenoxy) is 1. The summed E-state index contributed by atoms with van der Waals surface area (Å²) < 4.78 is 10.5. The standard InChI is InChI=1S/C15H19N3O2/c1-10-7-12(5-6-13(10)19-2)15-17-14(20-18-15)9-16-8-11-3-4-11/h5-7,11,16H,3-4,8-9H2,1-2H3. The van der Waals surface area contributed by atoms with Gasteiger partial charge in [0.1, 0.15) is 5.75 Å². The highest BCUT2D eigenvalue weighted by Crippen LogP contribution is 2.27. The smallest absolute Gasteiger partial charge is 0.240 e. The number of nitrogens with zero attached hydrogens (tertiary/aromatic N) is 2. The Morgan fingerprint density at radius 3 is 2.95 bits per heavy atom. The first-order chi connectivity index (χ1) is 9.76. The van der Waals surface area contributed by atoms with Gasteiger partial charge in [-0.1, -0.05) is 5.16 Å². The van der Waals surface area contributed by atoms with Crippen molar-refractivity contribution < 1.29 is 9.26 Å². The van der Waals surface area contributed by atoms with Gasteiger partial charge in [-0.25, -0.2) is 0 Å². The van der Waals surface area contributed by atoms with E-state index in [0.717, 1.165) is 29.3 Å². The molecule has 1 N–H and O–H groups in total. The van der Waals surface area contributed by atoms with Crippen LogP contribution in [0.5, 0.6) is 5.75 Å². The molecule has 5 heteroatoms. The molecule has 1 fully saturated rings. The van der Waals surface area contributed by atoms with Gasteiger partial charge < -0.3 is 14.6 Å². The van der Waals surface area contributed by atoms with Gasteiger partial charge in [-0.3, -0.25) is 0 Å². The van der Waals surface area contributed by atoms with Crippen molar-refractivity contribution in [3.63, 3.8) is 0 Å². The Morgan fingerprint density at radius 2 is 2.25 bits per heavy atom. The minimum Gasteiger partial charge on any atom is -0.496 e. The summed E-state index contributed by atoms with van der Waals surface area (Å²) in [6.45, 7) is 3.68. The third-order valence-corrected chi connectivity index (χ3v) is 3.53. The Bertz CT molecular complexity index is 591. The molecule has 0 aliphatic heterocycles. The molecule has 2 aromatic rings. The van der Waals surface area contributed by atoms with E-state index in [-0.39, 0.29) is 0 Å². The first kappa shape index (κ1) is 13.1. The summed E-state index contributed by atoms with van der Waals surface area (Å²) in [5, 5.41) is 7.37. The first-order valence-electron chi connectivity index (χ1n) is 6.94. The summed E-state index contributed by atoms with van der Waals surface area (Å²) in [5.41, 5.74) is 2.00. The molecule has 3 rings (SSSR count). The predicted molar refractivity (Wildman–Crippen MR) is 75.5 cm³/mol. The van der Waals surface area contributed by atoms with Crippen LogP contribution in [-0.2, 0) is 6.54 Å². The maximum Gasteiger partial charge on any atom is 0.240 e. The van der Waals surface area contributed by atoms with E-state index in [1.807, 2.05) is 25.1 Å². The zero-order valence-corrected chi connectivity index (χ0v) is 11.8. The van der Waals surface area contributed by atoms with Crippen LogP contribution in [0.25, 0.3) is 11.4 Å². The van der Waals surface area contributed by atoms with Crippen LogP contribution in [0, 0.1) is 12.8 Å². The van der Waals surface area contributed by atoms with Crippen molar-refractivity contribution in [2.75, 3.05) is 13.7 Å². The van der Waals surface area contributed by atoms with E-state index in [9.17, 15) is 0 Å². The summed E-state index contributed by atoms with van der Waals surface area (Å²) in [6.07, 6.45) is 2.68. The molecular formula is C15H19N3O2. The topological polar surface area (TPSA) is 60.2 Å². The highest BCUT2D eigenvalue weighted by atomic mass is 16.5. The summed E-state index contributed by atoms with van der Waals surface area (Å²) >= 11 is 0. The molecule has 1 aromatic carbocycles. The van der Waals surface area contributed by atoms with Gasteiger partial charge in [0.25, 0.3) is 0 Å². The average molecular weight is 273 g/mol. The number of benzene rings is 1. The van der Waals surface area contributed by atoms with E-state index in [2.05, 4.69) is 15.5 Å². The second kappa shape index (κ2) is 5.63. The molecule has 0 amide bonds. The maximum absolute atomic E-state index is 5.26. The van der Waals surface area contributed by atoms with Gasteiger partial charge in [0.2, 0.25) is 11.7 Å². The molecule has 106 valence electrons. The predicted octanol–water partition coefficient (Wildman–Crippen LogP) is 2.55. The van der Waals surface area contributed by atoms with Gasteiger partial charge in [0.15, 0.2) is 0 Å². The summed E-state index contributed by atoms with van der Waals surface area (Å²) in [6, 6.07) is 5.87. The van der Waals surface area contributed by atoms with Crippen molar-refractivity contribution in [1.82, 2.24) is 15.5 Å². The molecule has 1 aliphatic rings. The molecule has 1 heterocycles. The molecule has 1 aromatic heterocycles. The minimum atomic E-state index is 0.624. The van der Waals surface area contributed by atoms with Crippen LogP contribution < -0.4 is 10.1 Å². The first-order valence-corrected chi connectivity index (χ1v) is 6.94. The number of methoxy groups -OCH3 is 1. The van der Waals surface area contributed by atoms with Crippen LogP contribution in [0.1, 0.15) is 24.3 Å². The number of rotatable bonds is 6. The van der Waals surface area contributed by atoms with Crippen molar-refractivity contribution in [3.8, 4) is 17.1 Å². The fourth-order valence-corrected chi connectivity index (χ4v) is 2.17. The fourth-order valence-electron chi connectivity index (χ4n) is 2.17. The van der Waals surface area contributed by atoms with Gasteiger partial charge in [-0.15, -0.1) is 0 Å². The zero-order chi connectivity index (χ0) is 13.9. The van der Waals surface area contributed by atoms with Crippen molar-refractivity contribution in [2.45, 2.75) is 26.3 Å². The highest BCUT2D eigenvalue weighted by Gasteiger charge is 2.20. The van der Waals surface area contributed by atoms with E-state index in [0.29, 0.717) is 18.3 Å². The third-order valence-electron chi connectivity index (χ3n) is 3.53. The van der Waals surface area contributed by atoms with Crippen molar-refractivity contribution in [1.29, 1.82) is 0 Å². The molecule has 0 spiro atoms. The van der Waals surface area contributed by atoms with Gasteiger partial charge in [0.05, 0.1) is 13.7 Å². The molecule has 0 radical (unpaired) electrons. The van der Waals surface area contributed by atoms with Crippen molar-refractivity contribution in [3.05, 3.63) is 29.7 Å². The molecule has 5 nitrogen and oxygen atoms in total. The number of hydrogen-bond donors (Lipinski definition) is 1. The SMILES string of the molecule is COc1ccc(-c2noc(CNCC3CC3)n2)cc1C. The van der Waals surface area contributed by atoms with Gasteiger partial charge >= 0.3 is 0 Å². The van der Waals surface area contributed by atoms with Crippen LogP contribution in [0.15, 0.2) is 22.7 Å². The number of aryl methyl sites for hydroxylation is 1. The van der Waals surface area contributed by atoms with Gasteiger partial charge in [0, 0.05) is 5.56 Å². The molecule has 0 bridgehead atoms. The second-order valence-corrected chi connectivity index (χ2v) is 5.27. The Balaban J connectivity index is 1.67. The molecule has 20 heavy (non-hydrogen) atoms. The van der Waals surface area contributed by atoms with Crippen LogP contribution in [0.2, 0.25) is 0 Å². The van der Waals surface area contributed by atoms with Crippen LogP contribution in [0.4, 0.5) is 0 Å². The fraction of sp³-hybridized carbons (Fsp3) is 0.467. The van der Waals surface area contributed by atoms with Crippen LogP contribution in [-0.4, -0.2) is 23.8 Å². The molecule has 1 saturated carbocycles. The average Bonchev–Trinajstić information content (AvgIpc) is 3.15. The lowest BCUT2D eigenvalue weighted by atomic mass is 10.1. The van der Waals surface area contributed by atoms with Gasteiger partial charge in [-0.2, -0.15) is 4.98 Å². The minimum absolute atomic E-state index is 0.624. The van der Waals surface area contributed by atoms with E-state index < -0.39 is 0 Å². The van der Waals surface area contributed by atoms with E-state index >= 15 is 0 Å². The molecule has 0 unspecified atom stereocenters. The summed E-state index contributed by atoms with van der Waals surface area (Å²) in [5.74, 6) is 2.97. The second-order valence-electron chi connectivity index (χ2n) is 5.27. The molecule has 0 saturated heterocycles. The molecular weight excluding hydrogens is 254 g/mol. The van der Waals surface area contributed by atoms with E-state index in [4.69, 9.17) is 9.26 Å². The lowest BCUT2D eigenvalue weighted by Gasteiger charge is -2.04. The summed E-state index contributed by atoms with van der Waals surface area (Å²) in [4.78, 5) is 4.41. The number of nitrogens with one attached hydrogen (secondary N) is 1. The Labute approximate surface area is 118 Å². The van der Waals surface area contributed by atoms with Crippen molar-refractivity contribution in [2.24, 2.45) is 5.92 Å². The zero-order valence-electron chi connectivity index (χ0n) is 11.8. The molecule has 1 aliphatic carbocycles. The highest BCUT2D eigenvalue weighted by molar-refractivity contribution is 5.58. The lowest BCUT2D eigenvalue weighted by molar-refractivity contribution is 0.367. The van der Waals surface area contributed by atoms with Gasteiger partial charge in [-0.05, 0) is 56.0 Å². The number of hydrogen-bond acceptors (Lipinski definition) is 5. The Hall–Kier alpha value is -1.88. The molecule has 0 atom stereocenters. The van der Waals surface area contributed by atoms with E-state index in [1.54, 1.807) is 7.11 Å². The van der Waals surface area contributed by atoms with Crippen LogP contribution in [0.3, 0.4) is 0 Å². The van der Waals surface area contributed by atoms with Crippen molar-refractivity contribution >= 4 is 0 Å². The third kappa shape index (κ3) is 2.99. The van der Waals surface area contributed by atoms with Crippen LogP contribution >= 0.6 is 0 Å². The quantitative estimate of drug-likeness (QED) is 0.876. The Kier molecular flexibility index (Phi) is 3.69. The summed E-state index contributed by atoms with van der Waals surface area (Å²) in [7, 11) is 1.67. The monoisotopic (exact) mass is 273 g/mol. The Morgan fingerprint density at radius 1 is 1.40 bits per heavy atom. The maximum atomic E-state index is 5.26.